The molecule has 0 amide bonds. The van der Waals surface area contributed by atoms with Crippen LogP contribution in [-0.2, 0) is 0 Å². The highest BCUT2D eigenvalue weighted by molar-refractivity contribution is 7.80. The van der Waals surface area contributed by atoms with Gasteiger partial charge in [0.15, 0.2) is 10.2 Å². The van der Waals surface area contributed by atoms with Gasteiger partial charge >= 0.3 is 0 Å². The van der Waals surface area contributed by atoms with E-state index in [0.717, 1.165) is 23.2 Å². The summed E-state index contributed by atoms with van der Waals surface area (Å²) in [6.45, 7) is 8.14. The average Bonchev–Trinajstić information content (AvgIpc) is 2.66. The van der Waals surface area contributed by atoms with Crippen LogP contribution in [-0.4, -0.2) is 34.9 Å². The predicted molar refractivity (Wildman–Crippen MR) is 136 cm³/mol. The second-order valence-corrected chi connectivity index (χ2v) is 12.2. The summed E-state index contributed by atoms with van der Waals surface area (Å²) in [6, 6.07) is 1.54. The van der Waals surface area contributed by atoms with Crippen LogP contribution in [0.5, 0.6) is 0 Å². The Kier molecular flexibility index (Phi) is 8.65. The molecule has 3 saturated carbocycles. The van der Waals surface area contributed by atoms with Gasteiger partial charge in [0, 0.05) is 24.7 Å². The van der Waals surface area contributed by atoms with Crippen molar-refractivity contribution in [2.75, 3.05) is 6.54 Å². The van der Waals surface area contributed by atoms with E-state index in [0.29, 0.717) is 23.5 Å². The molecule has 2 atom stereocenters. The molecule has 3 aliphatic rings. The molecule has 30 heavy (non-hydrogen) atoms. The van der Waals surface area contributed by atoms with Crippen molar-refractivity contribution in [1.82, 2.24) is 21.3 Å². The zero-order valence-electron chi connectivity index (χ0n) is 19.4. The molecule has 0 aliphatic heterocycles. The van der Waals surface area contributed by atoms with Gasteiger partial charge in [-0.3, -0.25) is 0 Å². The lowest BCUT2D eigenvalue weighted by atomic mass is 9.62. The zero-order chi connectivity index (χ0) is 21.6. The minimum absolute atomic E-state index is 0.207. The van der Waals surface area contributed by atoms with Crippen LogP contribution in [0.15, 0.2) is 0 Å². The molecule has 0 aromatic heterocycles. The molecule has 3 fully saturated rings. The van der Waals surface area contributed by atoms with E-state index in [1.807, 2.05) is 0 Å². The summed E-state index contributed by atoms with van der Waals surface area (Å²) < 4.78 is 0. The Morgan fingerprint density at radius 3 is 1.77 bits per heavy atom. The molecule has 3 rings (SSSR count). The monoisotopic (exact) mass is 452 g/mol. The van der Waals surface area contributed by atoms with Crippen molar-refractivity contribution < 1.29 is 0 Å². The lowest BCUT2D eigenvalue weighted by molar-refractivity contribution is 0.0801. The van der Waals surface area contributed by atoms with Crippen molar-refractivity contribution in [3.63, 3.8) is 0 Å². The van der Waals surface area contributed by atoms with Crippen molar-refractivity contribution in [1.29, 1.82) is 0 Å². The lowest BCUT2D eigenvalue weighted by Gasteiger charge is -2.47. The maximum atomic E-state index is 5.69. The second kappa shape index (κ2) is 10.8. The molecule has 0 heterocycles. The van der Waals surface area contributed by atoms with Gasteiger partial charge in [0.2, 0.25) is 0 Å². The van der Waals surface area contributed by atoms with E-state index in [1.165, 1.54) is 77.0 Å². The molecular weight excluding hydrogens is 408 g/mol. The van der Waals surface area contributed by atoms with E-state index in [-0.39, 0.29) is 5.41 Å². The van der Waals surface area contributed by atoms with Crippen LogP contribution >= 0.6 is 24.4 Å². The third kappa shape index (κ3) is 7.81. The van der Waals surface area contributed by atoms with Gasteiger partial charge in [-0.2, -0.15) is 0 Å². The van der Waals surface area contributed by atoms with Crippen molar-refractivity contribution in [3.8, 4) is 0 Å². The summed E-state index contributed by atoms with van der Waals surface area (Å²) in [5.74, 6) is 0. The maximum absolute atomic E-state index is 5.69. The van der Waals surface area contributed by atoms with Gasteiger partial charge in [0.25, 0.3) is 0 Å². The number of rotatable bonds is 5. The van der Waals surface area contributed by atoms with Crippen LogP contribution in [0, 0.1) is 10.8 Å². The molecule has 0 spiro atoms. The highest BCUT2D eigenvalue weighted by atomic mass is 32.1. The van der Waals surface area contributed by atoms with E-state index >= 15 is 0 Å². The number of hydrogen-bond donors (Lipinski definition) is 4. The lowest BCUT2D eigenvalue weighted by Crippen LogP contribution is -2.54. The first kappa shape index (κ1) is 24.0. The third-order valence-corrected chi connectivity index (χ3v) is 7.83. The molecular formula is C24H44N4S2. The summed E-state index contributed by atoms with van der Waals surface area (Å²) in [7, 11) is 0. The quantitative estimate of drug-likeness (QED) is 0.432. The van der Waals surface area contributed by atoms with Crippen LogP contribution < -0.4 is 21.3 Å². The fourth-order valence-corrected chi connectivity index (χ4v) is 6.88. The Morgan fingerprint density at radius 2 is 1.20 bits per heavy atom. The largest absolute Gasteiger partial charge is 0.362 e. The summed E-state index contributed by atoms with van der Waals surface area (Å²) in [4.78, 5) is 0. The molecule has 3 aliphatic carbocycles. The van der Waals surface area contributed by atoms with Gasteiger partial charge in [-0.25, -0.2) is 0 Å². The Labute approximate surface area is 195 Å². The standard InChI is InChI=1S/C24H44N4S2/c1-23(2)14-20(28-22(30)27-19-12-8-5-9-13-19)15-24(3,16-23)17-25-21(29)26-18-10-6-4-7-11-18/h18-20H,4-17H2,1-3H3,(H2,25,26,29)(H2,27,28,30)/t20-,24-/m1/s1. The van der Waals surface area contributed by atoms with Gasteiger partial charge in [-0.1, -0.05) is 59.3 Å². The topological polar surface area (TPSA) is 48.1 Å². The molecule has 0 bridgehead atoms. The fourth-order valence-electron chi connectivity index (χ4n) is 6.31. The van der Waals surface area contributed by atoms with Gasteiger partial charge in [0.1, 0.15) is 0 Å². The molecule has 6 heteroatoms. The molecule has 0 aromatic rings. The highest BCUT2D eigenvalue weighted by Crippen LogP contribution is 2.45. The number of hydrogen-bond acceptors (Lipinski definition) is 2. The van der Waals surface area contributed by atoms with Crippen molar-refractivity contribution in [3.05, 3.63) is 0 Å². The van der Waals surface area contributed by atoms with Crippen molar-refractivity contribution >= 4 is 34.7 Å². The number of thiocarbonyl (C=S) groups is 2. The van der Waals surface area contributed by atoms with Crippen LogP contribution in [0.3, 0.4) is 0 Å². The summed E-state index contributed by atoms with van der Waals surface area (Å²) >= 11 is 11.3. The summed E-state index contributed by atoms with van der Waals surface area (Å²) in [5.41, 5.74) is 0.503. The summed E-state index contributed by atoms with van der Waals surface area (Å²) in [6.07, 6.45) is 16.6. The first-order chi connectivity index (χ1) is 14.2. The Hall–Kier alpha value is -0.620. The Bertz CT molecular complexity index is 582. The predicted octanol–water partition coefficient (Wildman–Crippen LogP) is 5.17. The van der Waals surface area contributed by atoms with E-state index < -0.39 is 0 Å². The van der Waals surface area contributed by atoms with Crippen molar-refractivity contribution in [2.24, 2.45) is 10.8 Å². The Morgan fingerprint density at radius 1 is 0.700 bits per heavy atom. The fraction of sp³-hybridized carbons (Fsp3) is 0.917. The van der Waals surface area contributed by atoms with Gasteiger partial charge in [0.05, 0.1) is 0 Å². The molecule has 4 N–H and O–H groups in total. The zero-order valence-corrected chi connectivity index (χ0v) is 21.1. The summed E-state index contributed by atoms with van der Waals surface area (Å²) in [5, 5.41) is 16.1. The first-order valence-electron chi connectivity index (χ1n) is 12.3. The van der Waals surface area contributed by atoms with Gasteiger partial charge in [-0.05, 0) is 80.2 Å². The second-order valence-electron chi connectivity index (χ2n) is 11.4. The van der Waals surface area contributed by atoms with E-state index in [9.17, 15) is 0 Å². The SMILES string of the molecule is CC1(C)C[C@@H](NC(=S)NC2CCCCC2)C[C@@](C)(CNC(=S)NC2CCCCC2)C1. The molecule has 0 radical (unpaired) electrons. The van der Waals surface area contributed by atoms with Gasteiger partial charge in [-0.15, -0.1) is 0 Å². The van der Waals surface area contributed by atoms with Gasteiger partial charge < -0.3 is 21.3 Å². The van der Waals surface area contributed by atoms with Crippen LogP contribution in [0.25, 0.3) is 0 Å². The minimum atomic E-state index is 0.207. The highest BCUT2D eigenvalue weighted by Gasteiger charge is 2.41. The van der Waals surface area contributed by atoms with E-state index in [4.69, 9.17) is 24.4 Å². The van der Waals surface area contributed by atoms with E-state index in [1.54, 1.807) is 0 Å². The third-order valence-electron chi connectivity index (χ3n) is 7.34. The molecule has 0 unspecified atom stereocenters. The van der Waals surface area contributed by atoms with Crippen LogP contribution in [0.4, 0.5) is 0 Å². The smallest absolute Gasteiger partial charge is 0.166 e. The normalized spacial score (nSPS) is 30.3. The average molecular weight is 453 g/mol. The molecule has 0 saturated heterocycles. The van der Waals surface area contributed by atoms with E-state index in [2.05, 4.69) is 42.0 Å². The van der Waals surface area contributed by atoms with Crippen LogP contribution in [0.2, 0.25) is 0 Å². The minimum Gasteiger partial charge on any atom is -0.362 e. The molecule has 172 valence electrons. The first-order valence-corrected chi connectivity index (χ1v) is 13.2. The molecule has 4 nitrogen and oxygen atoms in total. The van der Waals surface area contributed by atoms with Crippen LogP contribution in [0.1, 0.15) is 104 Å². The maximum Gasteiger partial charge on any atom is 0.166 e. The number of nitrogens with one attached hydrogen (secondary N) is 4. The molecule has 0 aromatic carbocycles. The Balaban J connectivity index is 1.48. The van der Waals surface area contributed by atoms with Crippen molar-refractivity contribution in [2.45, 2.75) is 122 Å².